The molecule has 0 atom stereocenters. The summed E-state index contributed by atoms with van der Waals surface area (Å²) in [5, 5.41) is 5.65. The van der Waals surface area contributed by atoms with Gasteiger partial charge in [-0.25, -0.2) is 0 Å². The van der Waals surface area contributed by atoms with Gasteiger partial charge in [0.15, 0.2) is 0 Å². The van der Waals surface area contributed by atoms with Gasteiger partial charge in [-0.3, -0.25) is 14.6 Å². The number of hydrogen-bond acceptors (Lipinski definition) is 3. The van der Waals surface area contributed by atoms with Crippen LogP contribution in [0, 0.1) is 6.92 Å². The molecule has 3 aromatic rings. The Morgan fingerprint density at radius 1 is 0.923 bits per heavy atom. The lowest BCUT2D eigenvalue weighted by Crippen LogP contribution is -2.15. The average molecular weight is 410 g/mol. The summed E-state index contributed by atoms with van der Waals surface area (Å²) in [4.78, 5) is 28.6. The van der Waals surface area contributed by atoms with Crippen molar-refractivity contribution in [2.24, 2.45) is 0 Å². The molecule has 0 aliphatic rings. The maximum atomic E-state index is 12.5. The van der Waals surface area contributed by atoms with Gasteiger partial charge >= 0.3 is 0 Å². The molecule has 6 heteroatoms. The van der Waals surface area contributed by atoms with Crippen LogP contribution in [0.2, 0.25) is 0 Å². The second-order valence-corrected chi connectivity index (χ2v) is 6.61. The molecule has 1 heterocycles. The Morgan fingerprint density at radius 2 is 1.69 bits per heavy atom. The Balaban J connectivity index is 1.74. The molecule has 0 fully saturated rings. The third-order valence-corrected chi connectivity index (χ3v) is 4.24. The van der Waals surface area contributed by atoms with Crippen molar-refractivity contribution >= 4 is 39.1 Å². The van der Waals surface area contributed by atoms with E-state index < -0.39 is 0 Å². The van der Waals surface area contributed by atoms with Crippen LogP contribution in [0.4, 0.5) is 11.4 Å². The molecule has 0 saturated carbocycles. The van der Waals surface area contributed by atoms with Crippen LogP contribution >= 0.6 is 15.9 Å². The normalized spacial score (nSPS) is 10.2. The van der Waals surface area contributed by atoms with Crippen LogP contribution in [-0.2, 0) is 0 Å². The largest absolute Gasteiger partial charge is 0.322 e. The highest BCUT2D eigenvalue weighted by Gasteiger charge is 2.11. The van der Waals surface area contributed by atoms with E-state index in [1.807, 2.05) is 25.1 Å². The fourth-order valence-corrected chi connectivity index (χ4v) is 2.88. The number of anilines is 2. The molecule has 2 amide bonds. The zero-order valence-corrected chi connectivity index (χ0v) is 15.6. The molecule has 130 valence electrons. The first-order valence-electron chi connectivity index (χ1n) is 7.92. The smallest absolute Gasteiger partial charge is 0.257 e. The van der Waals surface area contributed by atoms with Crippen LogP contribution in [0.25, 0.3) is 0 Å². The highest BCUT2D eigenvalue weighted by Crippen LogP contribution is 2.21. The lowest BCUT2D eigenvalue weighted by molar-refractivity contribution is 0.101. The fourth-order valence-electron chi connectivity index (χ4n) is 2.40. The number of aryl methyl sites for hydroxylation is 1. The Kier molecular flexibility index (Phi) is 5.43. The molecule has 26 heavy (non-hydrogen) atoms. The van der Waals surface area contributed by atoms with E-state index in [2.05, 4.69) is 31.5 Å². The predicted octanol–water partition coefficient (Wildman–Crippen LogP) is 4.66. The Labute approximate surface area is 159 Å². The van der Waals surface area contributed by atoms with E-state index in [1.165, 1.54) is 6.20 Å². The molecule has 2 N–H and O–H groups in total. The van der Waals surface area contributed by atoms with Crippen LogP contribution in [0.1, 0.15) is 26.3 Å². The van der Waals surface area contributed by atoms with Crippen molar-refractivity contribution in [1.82, 2.24) is 4.98 Å². The molecule has 0 radical (unpaired) electrons. The van der Waals surface area contributed by atoms with Gasteiger partial charge in [-0.2, -0.15) is 0 Å². The van der Waals surface area contributed by atoms with Gasteiger partial charge in [0.25, 0.3) is 11.8 Å². The first-order valence-corrected chi connectivity index (χ1v) is 8.71. The molecule has 0 unspecified atom stereocenters. The minimum atomic E-state index is -0.278. The van der Waals surface area contributed by atoms with Gasteiger partial charge in [-0.05, 0) is 61.0 Å². The molecule has 0 spiro atoms. The second kappa shape index (κ2) is 7.93. The van der Waals surface area contributed by atoms with Crippen LogP contribution in [0.15, 0.2) is 71.5 Å². The summed E-state index contributed by atoms with van der Waals surface area (Å²) in [6.07, 6.45) is 3.09. The van der Waals surface area contributed by atoms with Gasteiger partial charge in [0, 0.05) is 33.8 Å². The Morgan fingerprint density at radius 3 is 2.42 bits per heavy atom. The third-order valence-electron chi connectivity index (χ3n) is 3.74. The van der Waals surface area contributed by atoms with E-state index in [4.69, 9.17) is 0 Å². The number of pyridine rings is 1. The van der Waals surface area contributed by atoms with Gasteiger partial charge < -0.3 is 10.6 Å². The van der Waals surface area contributed by atoms with Gasteiger partial charge in [0.2, 0.25) is 0 Å². The molecule has 0 saturated heterocycles. The van der Waals surface area contributed by atoms with E-state index in [0.29, 0.717) is 16.8 Å². The van der Waals surface area contributed by atoms with E-state index >= 15 is 0 Å². The lowest BCUT2D eigenvalue weighted by atomic mass is 10.1. The van der Waals surface area contributed by atoms with Crippen LogP contribution in [0.3, 0.4) is 0 Å². The van der Waals surface area contributed by atoms with Crippen molar-refractivity contribution in [2.75, 3.05) is 10.6 Å². The van der Waals surface area contributed by atoms with E-state index in [9.17, 15) is 9.59 Å². The Bertz CT molecular complexity index is 958. The van der Waals surface area contributed by atoms with Gasteiger partial charge in [-0.1, -0.05) is 22.0 Å². The summed E-state index contributed by atoms with van der Waals surface area (Å²) < 4.78 is 0.952. The number of aromatic nitrogens is 1. The maximum Gasteiger partial charge on any atom is 0.257 e. The minimum Gasteiger partial charge on any atom is -0.322 e. The van der Waals surface area contributed by atoms with Gasteiger partial charge in [0.1, 0.15) is 0 Å². The molecule has 3 rings (SSSR count). The fraction of sp³-hybridized carbons (Fsp3) is 0.0500. The number of halogens is 1. The highest BCUT2D eigenvalue weighted by molar-refractivity contribution is 9.10. The SMILES string of the molecule is Cc1cc(Br)ccc1NC(=O)c1cccc(NC(=O)c2cccnc2)c1. The van der Waals surface area contributed by atoms with Gasteiger partial charge in [-0.15, -0.1) is 0 Å². The minimum absolute atomic E-state index is 0.243. The number of nitrogens with zero attached hydrogens (tertiary/aromatic N) is 1. The molecule has 2 aromatic carbocycles. The van der Waals surface area contributed by atoms with Gasteiger partial charge in [0.05, 0.1) is 5.56 Å². The number of rotatable bonds is 4. The summed E-state index contributed by atoms with van der Waals surface area (Å²) in [5.74, 6) is -0.521. The quantitative estimate of drug-likeness (QED) is 0.658. The standard InChI is InChI=1S/C20H16BrN3O2/c1-13-10-16(21)7-8-18(13)24-19(25)14-4-2-6-17(11-14)23-20(26)15-5-3-9-22-12-15/h2-12H,1H3,(H,23,26)(H,24,25). The topological polar surface area (TPSA) is 71.1 Å². The zero-order chi connectivity index (χ0) is 18.5. The first-order chi connectivity index (χ1) is 12.5. The van der Waals surface area contributed by atoms with Crippen molar-refractivity contribution < 1.29 is 9.59 Å². The van der Waals surface area contributed by atoms with Crippen molar-refractivity contribution in [1.29, 1.82) is 0 Å². The number of hydrogen-bond donors (Lipinski definition) is 2. The predicted molar refractivity (Wildman–Crippen MR) is 105 cm³/mol. The van der Waals surface area contributed by atoms with Crippen LogP contribution < -0.4 is 10.6 Å². The van der Waals surface area contributed by atoms with Crippen molar-refractivity contribution in [2.45, 2.75) is 6.92 Å². The molecular weight excluding hydrogens is 394 g/mol. The van der Waals surface area contributed by atoms with E-state index in [-0.39, 0.29) is 11.8 Å². The Hall–Kier alpha value is -2.99. The number of amides is 2. The maximum absolute atomic E-state index is 12.5. The summed E-state index contributed by atoms with van der Waals surface area (Å²) in [5.41, 5.74) is 3.14. The molecular formula is C20H16BrN3O2. The molecule has 5 nitrogen and oxygen atoms in total. The average Bonchev–Trinajstić information content (AvgIpc) is 2.65. The number of carbonyl (C=O) groups excluding carboxylic acids is 2. The summed E-state index contributed by atoms with van der Waals surface area (Å²) in [6.45, 7) is 1.92. The van der Waals surface area contributed by atoms with E-state index in [1.54, 1.807) is 42.6 Å². The summed E-state index contributed by atoms with van der Waals surface area (Å²) in [6, 6.07) is 15.8. The number of carbonyl (C=O) groups is 2. The van der Waals surface area contributed by atoms with Crippen molar-refractivity contribution in [3.05, 3.63) is 88.2 Å². The molecule has 0 bridgehead atoms. The third kappa shape index (κ3) is 4.34. The number of benzene rings is 2. The number of nitrogens with one attached hydrogen (secondary N) is 2. The highest BCUT2D eigenvalue weighted by atomic mass is 79.9. The zero-order valence-electron chi connectivity index (χ0n) is 14.0. The van der Waals surface area contributed by atoms with Crippen molar-refractivity contribution in [3.8, 4) is 0 Å². The van der Waals surface area contributed by atoms with Crippen LogP contribution in [0.5, 0.6) is 0 Å². The first kappa shape index (κ1) is 17.8. The monoisotopic (exact) mass is 409 g/mol. The van der Waals surface area contributed by atoms with E-state index in [0.717, 1.165) is 15.7 Å². The molecule has 1 aromatic heterocycles. The lowest BCUT2D eigenvalue weighted by Gasteiger charge is -2.10. The molecule has 0 aliphatic heterocycles. The second-order valence-electron chi connectivity index (χ2n) is 5.69. The van der Waals surface area contributed by atoms with Crippen molar-refractivity contribution in [3.63, 3.8) is 0 Å². The summed E-state index contributed by atoms with van der Waals surface area (Å²) in [7, 11) is 0. The molecule has 0 aliphatic carbocycles. The summed E-state index contributed by atoms with van der Waals surface area (Å²) >= 11 is 3.40. The van der Waals surface area contributed by atoms with Crippen LogP contribution in [-0.4, -0.2) is 16.8 Å².